The molecule has 0 heterocycles. The summed E-state index contributed by atoms with van der Waals surface area (Å²) in [6.45, 7) is 2.30. The quantitative estimate of drug-likeness (QED) is 0.476. The maximum Gasteiger partial charge on any atom is 0.00881 e. The van der Waals surface area contributed by atoms with Crippen molar-refractivity contribution in [2.75, 3.05) is 5.33 Å². The van der Waals surface area contributed by atoms with Crippen LogP contribution in [0.5, 0.6) is 0 Å². The SMILES string of the molecule is CCCCCCC1(CBr)CC2CC2C1. The van der Waals surface area contributed by atoms with E-state index in [9.17, 15) is 0 Å². The molecule has 82 valence electrons. The van der Waals surface area contributed by atoms with Gasteiger partial charge in [0.2, 0.25) is 0 Å². The highest BCUT2D eigenvalue weighted by Crippen LogP contribution is 2.61. The monoisotopic (exact) mass is 258 g/mol. The molecule has 1 heteroatoms. The topological polar surface area (TPSA) is 0 Å². The molecule has 2 fully saturated rings. The van der Waals surface area contributed by atoms with Crippen LogP contribution >= 0.6 is 15.9 Å². The molecule has 0 aromatic heterocycles. The molecule has 2 atom stereocenters. The van der Waals surface area contributed by atoms with Crippen LogP contribution in [0.15, 0.2) is 0 Å². The van der Waals surface area contributed by atoms with E-state index in [1.807, 2.05) is 0 Å². The summed E-state index contributed by atoms with van der Waals surface area (Å²) in [5, 5.41) is 1.26. The highest BCUT2D eigenvalue weighted by atomic mass is 79.9. The molecule has 0 aliphatic heterocycles. The summed E-state index contributed by atoms with van der Waals surface area (Å²) in [6.07, 6.45) is 11.9. The van der Waals surface area contributed by atoms with Crippen molar-refractivity contribution in [1.82, 2.24) is 0 Å². The Labute approximate surface area is 97.0 Å². The van der Waals surface area contributed by atoms with Gasteiger partial charge in [0.25, 0.3) is 0 Å². The molecule has 0 amide bonds. The standard InChI is InChI=1S/C13H23Br/c1-2-3-4-5-6-13(10-14)8-11-7-12(11)9-13/h11-12H,2-10H2,1H3. The third-order valence-corrected chi connectivity index (χ3v) is 5.49. The van der Waals surface area contributed by atoms with E-state index in [4.69, 9.17) is 0 Å². The smallest absolute Gasteiger partial charge is 0.00881 e. The first-order chi connectivity index (χ1) is 6.79. The fraction of sp³-hybridized carbons (Fsp3) is 1.00. The second kappa shape index (κ2) is 4.55. The Balaban J connectivity index is 1.70. The maximum atomic E-state index is 3.75. The second-order valence-corrected chi connectivity index (χ2v) is 6.17. The van der Waals surface area contributed by atoms with Gasteiger partial charge in [0.15, 0.2) is 0 Å². The van der Waals surface area contributed by atoms with Gasteiger partial charge in [-0.1, -0.05) is 48.5 Å². The minimum atomic E-state index is 0.724. The van der Waals surface area contributed by atoms with Crippen LogP contribution in [0.1, 0.15) is 58.3 Å². The molecule has 0 N–H and O–H groups in total. The zero-order valence-corrected chi connectivity index (χ0v) is 11.0. The Hall–Kier alpha value is 0.480. The number of hydrogen-bond acceptors (Lipinski definition) is 0. The summed E-state index contributed by atoms with van der Waals surface area (Å²) < 4.78 is 0. The molecule has 2 aliphatic carbocycles. The number of halogens is 1. The van der Waals surface area contributed by atoms with Crippen molar-refractivity contribution in [2.24, 2.45) is 17.3 Å². The lowest BCUT2D eigenvalue weighted by atomic mass is 9.80. The van der Waals surface area contributed by atoms with Crippen molar-refractivity contribution < 1.29 is 0 Å². The number of rotatable bonds is 6. The molecule has 0 radical (unpaired) electrons. The lowest BCUT2D eigenvalue weighted by Crippen LogP contribution is -2.20. The number of alkyl halides is 1. The number of hydrogen-bond donors (Lipinski definition) is 0. The van der Waals surface area contributed by atoms with E-state index in [1.54, 1.807) is 6.42 Å². The largest absolute Gasteiger partial charge is 0.0922 e. The fourth-order valence-electron chi connectivity index (χ4n) is 3.31. The Kier molecular flexibility index (Phi) is 3.57. The first kappa shape index (κ1) is 11.0. The molecule has 0 nitrogen and oxygen atoms in total. The highest BCUT2D eigenvalue weighted by Gasteiger charge is 2.52. The zero-order valence-electron chi connectivity index (χ0n) is 9.40. The van der Waals surface area contributed by atoms with Crippen LogP contribution < -0.4 is 0 Å². The van der Waals surface area contributed by atoms with Crippen molar-refractivity contribution >= 4 is 15.9 Å². The van der Waals surface area contributed by atoms with Crippen molar-refractivity contribution in [3.8, 4) is 0 Å². The van der Waals surface area contributed by atoms with Gasteiger partial charge >= 0.3 is 0 Å². The summed E-state index contributed by atoms with van der Waals surface area (Å²) in [5.41, 5.74) is 0.724. The van der Waals surface area contributed by atoms with Gasteiger partial charge < -0.3 is 0 Å². The fourth-order valence-corrected chi connectivity index (χ4v) is 4.05. The minimum Gasteiger partial charge on any atom is -0.0922 e. The van der Waals surface area contributed by atoms with Gasteiger partial charge in [-0.25, -0.2) is 0 Å². The van der Waals surface area contributed by atoms with Crippen LogP contribution in [-0.4, -0.2) is 5.33 Å². The molecule has 0 bridgehead atoms. The van der Waals surface area contributed by atoms with Crippen LogP contribution in [-0.2, 0) is 0 Å². The molecule has 2 rings (SSSR count). The lowest BCUT2D eigenvalue weighted by molar-refractivity contribution is 0.274. The molecule has 2 saturated carbocycles. The van der Waals surface area contributed by atoms with Crippen LogP contribution in [0.3, 0.4) is 0 Å². The Morgan fingerprint density at radius 2 is 1.86 bits per heavy atom. The van der Waals surface area contributed by atoms with E-state index in [-0.39, 0.29) is 0 Å². The molecule has 0 aromatic rings. The predicted octanol–water partition coefficient (Wildman–Crippen LogP) is 4.77. The van der Waals surface area contributed by atoms with Gasteiger partial charge in [0.05, 0.1) is 0 Å². The second-order valence-electron chi connectivity index (χ2n) is 5.61. The van der Waals surface area contributed by atoms with Crippen molar-refractivity contribution in [3.63, 3.8) is 0 Å². The maximum absolute atomic E-state index is 3.75. The van der Waals surface area contributed by atoms with E-state index in [0.717, 1.165) is 17.3 Å². The van der Waals surface area contributed by atoms with E-state index in [0.29, 0.717) is 0 Å². The molecule has 2 unspecified atom stereocenters. The first-order valence-electron chi connectivity index (χ1n) is 6.35. The van der Waals surface area contributed by atoms with Gasteiger partial charge in [-0.3, -0.25) is 0 Å². The van der Waals surface area contributed by atoms with Gasteiger partial charge in [0.1, 0.15) is 0 Å². The molecular weight excluding hydrogens is 236 g/mol. The molecule has 0 aromatic carbocycles. The van der Waals surface area contributed by atoms with Crippen LogP contribution in [0.2, 0.25) is 0 Å². The van der Waals surface area contributed by atoms with Crippen LogP contribution in [0.4, 0.5) is 0 Å². The van der Waals surface area contributed by atoms with E-state index < -0.39 is 0 Å². The Morgan fingerprint density at radius 3 is 2.43 bits per heavy atom. The molecular formula is C13H23Br. The average Bonchev–Trinajstić information content (AvgIpc) is 2.82. The predicted molar refractivity (Wildman–Crippen MR) is 65.8 cm³/mol. The number of unbranched alkanes of at least 4 members (excludes halogenated alkanes) is 3. The molecule has 0 spiro atoms. The molecule has 14 heavy (non-hydrogen) atoms. The summed E-state index contributed by atoms with van der Waals surface area (Å²) in [6, 6.07) is 0. The first-order valence-corrected chi connectivity index (χ1v) is 7.48. The van der Waals surface area contributed by atoms with Crippen LogP contribution in [0.25, 0.3) is 0 Å². The lowest BCUT2D eigenvalue weighted by Gasteiger charge is -2.28. The third kappa shape index (κ3) is 2.35. The van der Waals surface area contributed by atoms with Gasteiger partial charge in [-0.05, 0) is 42.9 Å². The highest BCUT2D eigenvalue weighted by molar-refractivity contribution is 9.09. The molecule has 0 saturated heterocycles. The Bertz CT molecular complexity index is 178. The Morgan fingerprint density at radius 1 is 1.14 bits per heavy atom. The van der Waals surface area contributed by atoms with Crippen molar-refractivity contribution in [3.05, 3.63) is 0 Å². The zero-order chi connectivity index (χ0) is 10.0. The summed E-state index contributed by atoms with van der Waals surface area (Å²) >= 11 is 3.75. The third-order valence-electron chi connectivity index (χ3n) is 4.30. The normalized spacial score (nSPS) is 39.9. The summed E-state index contributed by atoms with van der Waals surface area (Å²) in [5.74, 6) is 2.28. The van der Waals surface area contributed by atoms with E-state index >= 15 is 0 Å². The van der Waals surface area contributed by atoms with Gasteiger partial charge in [-0.2, -0.15) is 0 Å². The van der Waals surface area contributed by atoms with Gasteiger partial charge in [-0.15, -0.1) is 0 Å². The van der Waals surface area contributed by atoms with Crippen molar-refractivity contribution in [1.29, 1.82) is 0 Å². The van der Waals surface area contributed by atoms with Crippen LogP contribution in [0, 0.1) is 17.3 Å². The average molecular weight is 259 g/mol. The summed E-state index contributed by atoms with van der Waals surface area (Å²) in [4.78, 5) is 0. The van der Waals surface area contributed by atoms with Crippen molar-refractivity contribution in [2.45, 2.75) is 58.3 Å². The minimum absolute atomic E-state index is 0.724. The molecule has 2 aliphatic rings. The summed E-state index contributed by atoms with van der Waals surface area (Å²) in [7, 11) is 0. The van der Waals surface area contributed by atoms with E-state index in [2.05, 4.69) is 22.9 Å². The van der Waals surface area contributed by atoms with Gasteiger partial charge in [0, 0.05) is 5.33 Å². The van der Waals surface area contributed by atoms with E-state index in [1.165, 1.54) is 50.3 Å². The number of fused-ring (bicyclic) bond motifs is 1.